The van der Waals surface area contributed by atoms with E-state index in [-0.39, 0.29) is 0 Å². The number of rotatable bonds is 2. The number of benzene rings is 3. The smallest absolute Gasteiger partial charge is 0.137 e. The van der Waals surface area contributed by atoms with Crippen LogP contribution in [0.5, 0.6) is 0 Å². The molecule has 0 aliphatic rings. The van der Waals surface area contributed by atoms with Crippen molar-refractivity contribution in [1.29, 1.82) is 0 Å². The summed E-state index contributed by atoms with van der Waals surface area (Å²) in [7, 11) is 0. The van der Waals surface area contributed by atoms with Gasteiger partial charge < -0.3 is 4.40 Å². The largest absolute Gasteiger partial charge is 0.306 e. The van der Waals surface area contributed by atoms with Gasteiger partial charge in [0.15, 0.2) is 0 Å². The highest BCUT2D eigenvalue weighted by atomic mass is 35.5. The van der Waals surface area contributed by atoms with Gasteiger partial charge in [-0.1, -0.05) is 72.3 Å². The molecule has 2 heterocycles. The fraction of sp³-hybridized carbons (Fsp3) is 0. The normalized spacial score (nSPS) is 11.3. The van der Waals surface area contributed by atoms with Crippen molar-refractivity contribution >= 4 is 28.0 Å². The fourth-order valence-electron chi connectivity index (χ4n) is 3.50. The van der Waals surface area contributed by atoms with Crippen molar-refractivity contribution in [2.45, 2.75) is 0 Å². The van der Waals surface area contributed by atoms with Crippen LogP contribution in [0.3, 0.4) is 0 Å². The number of fused-ring (bicyclic) bond motifs is 2. The monoisotopic (exact) mass is 354 g/mol. The summed E-state index contributed by atoms with van der Waals surface area (Å²) in [6, 6.07) is 26.7. The van der Waals surface area contributed by atoms with Gasteiger partial charge in [-0.25, -0.2) is 4.98 Å². The lowest BCUT2D eigenvalue weighted by Gasteiger charge is -2.13. The molecule has 2 nitrogen and oxygen atoms in total. The molecule has 0 N–H and O–H groups in total. The molecule has 0 bridgehead atoms. The van der Waals surface area contributed by atoms with E-state index in [4.69, 9.17) is 16.6 Å². The number of nitrogens with zero attached hydrogens (tertiary/aromatic N) is 2. The molecule has 124 valence electrons. The first-order valence-electron chi connectivity index (χ1n) is 8.52. The molecule has 0 saturated carbocycles. The van der Waals surface area contributed by atoms with E-state index in [0.29, 0.717) is 0 Å². The van der Waals surface area contributed by atoms with Crippen LogP contribution in [0, 0.1) is 0 Å². The summed E-state index contributed by atoms with van der Waals surface area (Å²) in [6.07, 6.45) is 4.09. The van der Waals surface area contributed by atoms with Gasteiger partial charge in [0.2, 0.25) is 0 Å². The standard InChI is InChI=1S/C23H15ClN2/c24-20-10-4-3-9-18(20)23-17-8-2-1-7-16(17)12-13-19(23)21-15-26-14-6-5-11-22(26)25-21/h1-15H. The molecule has 0 fully saturated rings. The second-order valence-electron chi connectivity index (χ2n) is 6.28. The maximum atomic E-state index is 6.57. The number of hydrogen-bond donors (Lipinski definition) is 0. The van der Waals surface area contributed by atoms with Crippen LogP contribution in [0.2, 0.25) is 5.02 Å². The maximum Gasteiger partial charge on any atom is 0.137 e. The van der Waals surface area contributed by atoms with E-state index in [1.807, 2.05) is 47.0 Å². The molecular weight excluding hydrogens is 340 g/mol. The van der Waals surface area contributed by atoms with Gasteiger partial charge in [-0.15, -0.1) is 0 Å². The Morgan fingerprint density at radius 2 is 1.54 bits per heavy atom. The Morgan fingerprint density at radius 3 is 2.42 bits per heavy atom. The van der Waals surface area contributed by atoms with Crippen molar-refractivity contribution in [2.24, 2.45) is 0 Å². The van der Waals surface area contributed by atoms with Crippen LogP contribution in [0.1, 0.15) is 0 Å². The van der Waals surface area contributed by atoms with Crippen LogP contribution in [0.4, 0.5) is 0 Å². The summed E-state index contributed by atoms with van der Waals surface area (Å²) in [5, 5.41) is 3.11. The molecule has 0 radical (unpaired) electrons. The summed E-state index contributed by atoms with van der Waals surface area (Å²) in [5.41, 5.74) is 5.10. The zero-order valence-corrected chi connectivity index (χ0v) is 14.7. The zero-order chi connectivity index (χ0) is 17.5. The minimum absolute atomic E-state index is 0.744. The Hall–Kier alpha value is -3.10. The summed E-state index contributed by atoms with van der Waals surface area (Å²) < 4.78 is 2.04. The Labute approximate surface area is 156 Å². The third kappa shape index (κ3) is 2.39. The first-order chi connectivity index (χ1) is 12.8. The quantitative estimate of drug-likeness (QED) is 0.355. The number of pyridine rings is 1. The first kappa shape index (κ1) is 15.2. The van der Waals surface area contributed by atoms with Crippen molar-refractivity contribution in [3.63, 3.8) is 0 Å². The SMILES string of the molecule is Clc1ccccc1-c1c(-c2cn3ccccc3n2)ccc2ccccc12. The van der Waals surface area contributed by atoms with Crippen LogP contribution in [0.25, 0.3) is 38.8 Å². The summed E-state index contributed by atoms with van der Waals surface area (Å²) >= 11 is 6.57. The predicted molar refractivity (Wildman–Crippen MR) is 109 cm³/mol. The second-order valence-corrected chi connectivity index (χ2v) is 6.69. The number of aromatic nitrogens is 2. The van der Waals surface area contributed by atoms with E-state index < -0.39 is 0 Å². The van der Waals surface area contributed by atoms with Gasteiger partial charge in [-0.05, 0) is 29.0 Å². The molecule has 0 spiro atoms. The molecule has 3 aromatic carbocycles. The lowest BCUT2D eigenvalue weighted by Crippen LogP contribution is -1.89. The van der Waals surface area contributed by atoms with Crippen LogP contribution < -0.4 is 0 Å². The molecule has 0 aliphatic heterocycles. The van der Waals surface area contributed by atoms with Crippen molar-refractivity contribution in [3.8, 4) is 22.4 Å². The Morgan fingerprint density at radius 1 is 0.731 bits per heavy atom. The highest BCUT2D eigenvalue weighted by molar-refractivity contribution is 6.34. The van der Waals surface area contributed by atoms with Crippen LogP contribution in [-0.2, 0) is 0 Å². The van der Waals surface area contributed by atoms with Gasteiger partial charge in [-0.3, -0.25) is 0 Å². The fourth-order valence-corrected chi connectivity index (χ4v) is 3.73. The minimum atomic E-state index is 0.744. The van der Waals surface area contributed by atoms with E-state index in [2.05, 4.69) is 48.7 Å². The molecule has 0 unspecified atom stereocenters. The third-order valence-corrected chi connectivity index (χ3v) is 5.04. The third-order valence-electron chi connectivity index (χ3n) is 4.71. The van der Waals surface area contributed by atoms with E-state index in [0.717, 1.165) is 33.1 Å². The highest BCUT2D eigenvalue weighted by Crippen LogP contribution is 2.40. The molecular formula is C23H15ClN2. The molecule has 3 heteroatoms. The van der Waals surface area contributed by atoms with E-state index in [1.54, 1.807) is 0 Å². The first-order valence-corrected chi connectivity index (χ1v) is 8.90. The van der Waals surface area contributed by atoms with Gasteiger partial charge in [0.1, 0.15) is 5.65 Å². The van der Waals surface area contributed by atoms with Crippen LogP contribution in [0.15, 0.2) is 91.3 Å². The summed E-state index contributed by atoms with van der Waals surface area (Å²) in [4.78, 5) is 4.83. The Bertz CT molecular complexity index is 1220. The zero-order valence-electron chi connectivity index (χ0n) is 13.9. The molecule has 0 saturated heterocycles. The van der Waals surface area contributed by atoms with Crippen molar-refractivity contribution in [2.75, 3.05) is 0 Å². The lowest BCUT2D eigenvalue weighted by atomic mass is 9.92. The maximum absolute atomic E-state index is 6.57. The van der Waals surface area contributed by atoms with Gasteiger partial charge >= 0.3 is 0 Å². The van der Waals surface area contributed by atoms with Crippen molar-refractivity contribution < 1.29 is 0 Å². The number of hydrogen-bond acceptors (Lipinski definition) is 1. The molecule has 26 heavy (non-hydrogen) atoms. The van der Waals surface area contributed by atoms with E-state index in [9.17, 15) is 0 Å². The molecule has 0 aliphatic carbocycles. The van der Waals surface area contributed by atoms with Gasteiger partial charge in [-0.2, -0.15) is 0 Å². The Balaban J connectivity index is 1.88. The summed E-state index contributed by atoms with van der Waals surface area (Å²) in [5.74, 6) is 0. The minimum Gasteiger partial charge on any atom is -0.306 e. The van der Waals surface area contributed by atoms with Gasteiger partial charge in [0.05, 0.1) is 5.69 Å². The van der Waals surface area contributed by atoms with Crippen LogP contribution in [-0.4, -0.2) is 9.38 Å². The number of halogens is 1. The van der Waals surface area contributed by atoms with Crippen molar-refractivity contribution in [3.05, 3.63) is 96.3 Å². The van der Waals surface area contributed by atoms with Crippen molar-refractivity contribution in [1.82, 2.24) is 9.38 Å². The highest BCUT2D eigenvalue weighted by Gasteiger charge is 2.16. The molecule has 5 aromatic rings. The van der Waals surface area contributed by atoms with Gasteiger partial charge in [0.25, 0.3) is 0 Å². The van der Waals surface area contributed by atoms with E-state index >= 15 is 0 Å². The Kier molecular flexibility index (Phi) is 3.51. The molecule has 2 aromatic heterocycles. The average molecular weight is 355 g/mol. The topological polar surface area (TPSA) is 17.3 Å². The summed E-state index contributed by atoms with van der Waals surface area (Å²) in [6.45, 7) is 0. The lowest BCUT2D eigenvalue weighted by molar-refractivity contribution is 1.19. The van der Waals surface area contributed by atoms with Crippen LogP contribution >= 0.6 is 11.6 Å². The second kappa shape index (κ2) is 6.01. The molecule has 5 rings (SSSR count). The average Bonchev–Trinajstić information content (AvgIpc) is 3.12. The van der Waals surface area contributed by atoms with E-state index in [1.165, 1.54) is 10.8 Å². The molecule has 0 amide bonds. The van der Waals surface area contributed by atoms with Gasteiger partial charge in [0, 0.05) is 34.1 Å². The predicted octanol–water partition coefficient (Wildman–Crippen LogP) is 6.47. The number of imidazole rings is 1. The molecule has 0 atom stereocenters.